The van der Waals surface area contributed by atoms with Gasteiger partial charge in [-0.3, -0.25) is 4.79 Å². The number of tetrazole rings is 1. The second-order valence-electron chi connectivity index (χ2n) is 6.71. The SMILES string of the molecule is O=C(NC1COC2(CCCCC2)C1)c1ccccc1-c1nn[nH]n1. The summed E-state index contributed by atoms with van der Waals surface area (Å²) < 4.78 is 6.08. The van der Waals surface area contributed by atoms with Crippen LogP contribution in [-0.2, 0) is 4.74 Å². The van der Waals surface area contributed by atoms with E-state index in [1.165, 1.54) is 19.3 Å². The lowest BCUT2D eigenvalue weighted by molar-refractivity contribution is -0.0246. The minimum absolute atomic E-state index is 0.0105. The highest BCUT2D eigenvalue weighted by atomic mass is 16.5. The van der Waals surface area contributed by atoms with Gasteiger partial charge in [0.25, 0.3) is 5.91 Å². The molecular weight excluding hydrogens is 306 g/mol. The van der Waals surface area contributed by atoms with E-state index in [0.717, 1.165) is 19.3 Å². The Morgan fingerprint density at radius 3 is 2.88 bits per heavy atom. The Kier molecular flexibility index (Phi) is 4.02. The van der Waals surface area contributed by atoms with Crippen molar-refractivity contribution in [3.8, 4) is 11.4 Å². The number of H-pyrrole nitrogens is 1. The average molecular weight is 327 g/mol. The fourth-order valence-corrected chi connectivity index (χ4v) is 3.90. The maximum Gasteiger partial charge on any atom is 0.252 e. The van der Waals surface area contributed by atoms with Gasteiger partial charge in [-0.25, -0.2) is 0 Å². The first kappa shape index (κ1) is 15.3. The van der Waals surface area contributed by atoms with Gasteiger partial charge in [0.15, 0.2) is 0 Å². The van der Waals surface area contributed by atoms with Crippen LogP contribution in [0.5, 0.6) is 0 Å². The molecule has 126 valence electrons. The van der Waals surface area contributed by atoms with Crippen molar-refractivity contribution < 1.29 is 9.53 Å². The van der Waals surface area contributed by atoms with E-state index in [-0.39, 0.29) is 17.6 Å². The molecule has 0 radical (unpaired) electrons. The molecule has 1 saturated heterocycles. The number of rotatable bonds is 3. The van der Waals surface area contributed by atoms with Crippen molar-refractivity contribution in [2.45, 2.75) is 50.2 Å². The van der Waals surface area contributed by atoms with Gasteiger partial charge in [-0.05, 0) is 30.5 Å². The molecule has 2 aromatic rings. The molecule has 1 aromatic heterocycles. The molecule has 2 heterocycles. The molecule has 1 aliphatic carbocycles. The van der Waals surface area contributed by atoms with Crippen LogP contribution >= 0.6 is 0 Å². The number of carbonyl (C=O) groups excluding carboxylic acids is 1. The van der Waals surface area contributed by atoms with Crippen molar-refractivity contribution in [3.63, 3.8) is 0 Å². The van der Waals surface area contributed by atoms with Gasteiger partial charge < -0.3 is 10.1 Å². The maximum atomic E-state index is 12.7. The molecule has 1 saturated carbocycles. The number of nitrogens with one attached hydrogen (secondary N) is 2. The topological polar surface area (TPSA) is 92.8 Å². The number of carbonyl (C=O) groups is 1. The van der Waals surface area contributed by atoms with Crippen molar-refractivity contribution in [2.75, 3.05) is 6.61 Å². The fourth-order valence-electron chi connectivity index (χ4n) is 3.90. The lowest BCUT2D eigenvalue weighted by Gasteiger charge is -2.32. The van der Waals surface area contributed by atoms with Crippen LogP contribution in [0.25, 0.3) is 11.4 Å². The van der Waals surface area contributed by atoms with E-state index in [0.29, 0.717) is 23.6 Å². The standard InChI is InChI=1S/C17H21N5O2/c23-16(14-7-3-2-6-13(14)15-19-21-22-20-15)18-12-10-17(24-11-12)8-4-1-5-9-17/h2-3,6-7,12H,1,4-5,8-11H2,(H,18,23)(H,19,20,21,22). The first-order valence-electron chi connectivity index (χ1n) is 8.53. The summed E-state index contributed by atoms with van der Waals surface area (Å²) >= 11 is 0. The number of benzene rings is 1. The van der Waals surface area contributed by atoms with Gasteiger partial charge in [-0.1, -0.05) is 37.5 Å². The summed E-state index contributed by atoms with van der Waals surface area (Å²) in [5.41, 5.74) is 1.22. The monoisotopic (exact) mass is 327 g/mol. The lowest BCUT2D eigenvalue weighted by atomic mass is 9.82. The van der Waals surface area contributed by atoms with Gasteiger partial charge in [0.05, 0.1) is 23.8 Å². The first-order chi connectivity index (χ1) is 11.8. The van der Waals surface area contributed by atoms with Crippen LogP contribution in [0.1, 0.15) is 48.9 Å². The van der Waals surface area contributed by atoms with Crippen molar-refractivity contribution >= 4 is 5.91 Å². The molecule has 7 nitrogen and oxygen atoms in total. The van der Waals surface area contributed by atoms with Gasteiger partial charge in [-0.15, -0.1) is 10.2 Å². The lowest BCUT2D eigenvalue weighted by Crippen LogP contribution is -2.37. The molecule has 1 unspecified atom stereocenters. The number of aromatic nitrogens is 4. The number of nitrogens with zero attached hydrogens (tertiary/aromatic N) is 3. The normalized spacial score (nSPS) is 22.6. The smallest absolute Gasteiger partial charge is 0.252 e. The summed E-state index contributed by atoms with van der Waals surface area (Å²) in [5, 5.41) is 17.1. The van der Waals surface area contributed by atoms with E-state index in [9.17, 15) is 4.79 Å². The number of aromatic amines is 1. The molecule has 0 bridgehead atoms. The highest BCUT2D eigenvalue weighted by molar-refractivity contribution is 6.00. The molecule has 1 spiro atoms. The summed E-state index contributed by atoms with van der Waals surface area (Å²) in [6.45, 7) is 0.593. The minimum atomic E-state index is -0.114. The summed E-state index contributed by atoms with van der Waals surface area (Å²) in [5.74, 6) is 0.309. The number of ether oxygens (including phenoxy) is 1. The largest absolute Gasteiger partial charge is 0.373 e. The Hall–Kier alpha value is -2.28. The van der Waals surface area contributed by atoms with E-state index in [1.807, 2.05) is 18.2 Å². The molecule has 2 aliphatic rings. The molecular formula is C17H21N5O2. The number of hydrogen-bond donors (Lipinski definition) is 2. The summed E-state index contributed by atoms with van der Waals surface area (Å²) in [6, 6.07) is 7.37. The highest BCUT2D eigenvalue weighted by Gasteiger charge is 2.41. The van der Waals surface area contributed by atoms with Crippen molar-refractivity contribution in [3.05, 3.63) is 29.8 Å². The molecule has 2 fully saturated rings. The van der Waals surface area contributed by atoms with Gasteiger partial charge in [-0.2, -0.15) is 5.21 Å². The third-order valence-electron chi connectivity index (χ3n) is 5.07. The zero-order valence-electron chi connectivity index (χ0n) is 13.5. The summed E-state index contributed by atoms with van der Waals surface area (Å²) in [4.78, 5) is 12.7. The maximum absolute atomic E-state index is 12.7. The third kappa shape index (κ3) is 2.91. The molecule has 4 rings (SSSR count). The zero-order valence-corrected chi connectivity index (χ0v) is 13.5. The highest BCUT2D eigenvalue weighted by Crippen LogP contribution is 2.39. The molecule has 24 heavy (non-hydrogen) atoms. The van der Waals surface area contributed by atoms with Gasteiger partial charge >= 0.3 is 0 Å². The Bertz CT molecular complexity index is 710. The predicted molar refractivity (Wildman–Crippen MR) is 87.3 cm³/mol. The van der Waals surface area contributed by atoms with E-state index in [1.54, 1.807) is 6.07 Å². The van der Waals surface area contributed by atoms with Gasteiger partial charge in [0.1, 0.15) is 0 Å². The average Bonchev–Trinajstić information content (AvgIpc) is 3.26. The second kappa shape index (κ2) is 6.32. The summed E-state index contributed by atoms with van der Waals surface area (Å²) in [7, 11) is 0. The van der Waals surface area contributed by atoms with E-state index in [4.69, 9.17) is 4.74 Å². The number of hydrogen-bond acceptors (Lipinski definition) is 5. The first-order valence-corrected chi connectivity index (χ1v) is 8.53. The Labute approximate surface area is 140 Å². The van der Waals surface area contributed by atoms with Crippen molar-refractivity contribution in [2.24, 2.45) is 0 Å². The van der Waals surface area contributed by atoms with Crippen molar-refractivity contribution in [1.82, 2.24) is 25.9 Å². The van der Waals surface area contributed by atoms with Crippen LogP contribution in [0, 0.1) is 0 Å². The molecule has 1 atom stereocenters. The molecule has 7 heteroatoms. The quantitative estimate of drug-likeness (QED) is 0.900. The Morgan fingerprint density at radius 2 is 2.08 bits per heavy atom. The van der Waals surface area contributed by atoms with E-state index >= 15 is 0 Å². The Balaban J connectivity index is 1.48. The summed E-state index contributed by atoms with van der Waals surface area (Å²) in [6.07, 6.45) is 6.86. The van der Waals surface area contributed by atoms with Crippen molar-refractivity contribution in [1.29, 1.82) is 0 Å². The fraction of sp³-hybridized carbons (Fsp3) is 0.529. The van der Waals surface area contributed by atoms with E-state index < -0.39 is 0 Å². The molecule has 1 aliphatic heterocycles. The van der Waals surface area contributed by atoms with Crippen LogP contribution in [0.4, 0.5) is 0 Å². The Morgan fingerprint density at radius 1 is 1.25 bits per heavy atom. The second-order valence-corrected chi connectivity index (χ2v) is 6.71. The molecule has 2 N–H and O–H groups in total. The molecule has 1 amide bonds. The number of amides is 1. The minimum Gasteiger partial charge on any atom is -0.373 e. The van der Waals surface area contributed by atoms with Gasteiger partial charge in [0, 0.05) is 5.56 Å². The van der Waals surface area contributed by atoms with Crippen LogP contribution in [-0.4, -0.2) is 44.8 Å². The predicted octanol–water partition coefficient (Wildman–Crippen LogP) is 2.09. The van der Waals surface area contributed by atoms with Crippen LogP contribution in [0.2, 0.25) is 0 Å². The van der Waals surface area contributed by atoms with Crippen LogP contribution < -0.4 is 5.32 Å². The van der Waals surface area contributed by atoms with Gasteiger partial charge in [0.2, 0.25) is 5.82 Å². The van der Waals surface area contributed by atoms with Crippen LogP contribution in [0.3, 0.4) is 0 Å². The zero-order chi connectivity index (χ0) is 16.4. The van der Waals surface area contributed by atoms with Crippen LogP contribution in [0.15, 0.2) is 24.3 Å². The van der Waals surface area contributed by atoms with E-state index in [2.05, 4.69) is 25.9 Å². The molecule has 1 aromatic carbocycles. The third-order valence-corrected chi connectivity index (χ3v) is 5.07.